The van der Waals surface area contributed by atoms with Crippen LogP contribution in [0.3, 0.4) is 0 Å². The van der Waals surface area contributed by atoms with E-state index in [0.29, 0.717) is 18.5 Å². The number of carboxylic acid groups (broad SMARTS) is 1. The standard InChI is InChI=1S/C14H20N2O3/c1-4-14(5-2,9-11(17)18)16-13(19)12-10(3)7-6-8-15-12/h6-8H,4-5,9H2,1-3H3,(H,16,19)(H,17,18). The Kier molecular flexibility index (Phi) is 5.03. The second-order valence-electron chi connectivity index (χ2n) is 4.68. The number of rotatable bonds is 6. The Labute approximate surface area is 113 Å². The lowest BCUT2D eigenvalue weighted by molar-refractivity contribution is -0.138. The van der Waals surface area contributed by atoms with Crippen LogP contribution in [0.1, 0.15) is 49.2 Å². The van der Waals surface area contributed by atoms with E-state index in [1.807, 2.05) is 13.8 Å². The number of carbonyl (C=O) groups excluding carboxylic acids is 1. The summed E-state index contributed by atoms with van der Waals surface area (Å²) in [4.78, 5) is 27.2. The van der Waals surface area contributed by atoms with Gasteiger partial charge in [-0.2, -0.15) is 0 Å². The first-order valence-corrected chi connectivity index (χ1v) is 6.40. The highest BCUT2D eigenvalue weighted by atomic mass is 16.4. The lowest BCUT2D eigenvalue weighted by Gasteiger charge is -2.31. The topological polar surface area (TPSA) is 79.3 Å². The fourth-order valence-corrected chi connectivity index (χ4v) is 2.03. The Morgan fingerprint density at radius 1 is 1.37 bits per heavy atom. The van der Waals surface area contributed by atoms with Crippen molar-refractivity contribution in [3.8, 4) is 0 Å². The van der Waals surface area contributed by atoms with E-state index >= 15 is 0 Å². The van der Waals surface area contributed by atoms with E-state index in [-0.39, 0.29) is 12.3 Å². The van der Waals surface area contributed by atoms with Crippen molar-refractivity contribution in [1.82, 2.24) is 10.3 Å². The molecule has 104 valence electrons. The van der Waals surface area contributed by atoms with Gasteiger partial charge in [-0.15, -0.1) is 0 Å². The van der Waals surface area contributed by atoms with Gasteiger partial charge >= 0.3 is 5.97 Å². The molecule has 0 spiro atoms. The van der Waals surface area contributed by atoms with Crippen LogP contribution in [0.2, 0.25) is 0 Å². The molecule has 0 fully saturated rings. The molecule has 19 heavy (non-hydrogen) atoms. The van der Waals surface area contributed by atoms with Gasteiger partial charge in [-0.05, 0) is 31.4 Å². The minimum Gasteiger partial charge on any atom is -0.481 e. The Morgan fingerprint density at radius 3 is 2.47 bits per heavy atom. The van der Waals surface area contributed by atoms with Gasteiger partial charge in [0.2, 0.25) is 0 Å². The molecule has 2 N–H and O–H groups in total. The predicted molar refractivity (Wildman–Crippen MR) is 72.0 cm³/mol. The SMILES string of the molecule is CCC(CC)(CC(=O)O)NC(=O)c1ncccc1C. The maximum atomic E-state index is 12.2. The van der Waals surface area contributed by atoms with Crippen molar-refractivity contribution in [2.75, 3.05) is 0 Å². The van der Waals surface area contributed by atoms with Gasteiger partial charge in [0.25, 0.3) is 5.91 Å². The van der Waals surface area contributed by atoms with E-state index in [9.17, 15) is 9.59 Å². The molecule has 0 saturated carbocycles. The van der Waals surface area contributed by atoms with E-state index in [0.717, 1.165) is 5.56 Å². The smallest absolute Gasteiger partial charge is 0.305 e. The molecule has 5 nitrogen and oxygen atoms in total. The van der Waals surface area contributed by atoms with Crippen LogP contribution in [0.15, 0.2) is 18.3 Å². The second kappa shape index (κ2) is 6.31. The monoisotopic (exact) mass is 264 g/mol. The van der Waals surface area contributed by atoms with Gasteiger partial charge in [-0.1, -0.05) is 19.9 Å². The molecule has 1 aromatic heterocycles. The number of aryl methyl sites for hydroxylation is 1. The molecule has 1 aromatic rings. The van der Waals surface area contributed by atoms with E-state index in [1.54, 1.807) is 25.3 Å². The number of aliphatic carboxylic acids is 1. The molecule has 0 aromatic carbocycles. The minimum absolute atomic E-state index is 0.0857. The van der Waals surface area contributed by atoms with Gasteiger partial charge in [-0.3, -0.25) is 14.6 Å². The molecule has 0 bridgehead atoms. The minimum atomic E-state index is -0.915. The van der Waals surface area contributed by atoms with Crippen LogP contribution in [0.4, 0.5) is 0 Å². The maximum Gasteiger partial charge on any atom is 0.305 e. The van der Waals surface area contributed by atoms with Gasteiger partial charge in [0, 0.05) is 6.20 Å². The molecule has 5 heteroatoms. The summed E-state index contributed by atoms with van der Waals surface area (Å²) < 4.78 is 0. The summed E-state index contributed by atoms with van der Waals surface area (Å²) in [5.74, 6) is -1.23. The molecule has 0 radical (unpaired) electrons. The number of carboxylic acids is 1. The third-order valence-corrected chi connectivity index (χ3v) is 3.45. The maximum absolute atomic E-state index is 12.2. The zero-order valence-electron chi connectivity index (χ0n) is 11.6. The first-order chi connectivity index (χ1) is 8.94. The third-order valence-electron chi connectivity index (χ3n) is 3.45. The molecule has 1 amide bonds. The number of nitrogens with one attached hydrogen (secondary N) is 1. The largest absolute Gasteiger partial charge is 0.481 e. The van der Waals surface area contributed by atoms with Gasteiger partial charge in [0.1, 0.15) is 5.69 Å². The molecular formula is C14H20N2O3. The summed E-state index contributed by atoms with van der Waals surface area (Å²) in [6.07, 6.45) is 2.59. The summed E-state index contributed by atoms with van der Waals surface area (Å²) in [6, 6.07) is 3.56. The van der Waals surface area contributed by atoms with Crippen molar-refractivity contribution in [2.24, 2.45) is 0 Å². The second-order valence-corrected chi connectivity index (χ2v) is 4.68. The van der Waals surface area contributed by atoms with Crippen molar-refractivity contribution in [3.05, 3.63) is 29.6 Å². The first kappa shape index (κ1) is 15.1. The molecule has 0 atom stereocenters. The van der Waals surface area contributed by atoms with Gasteiger partial charge in [0.05, 0.1) is 12.0 Å². The average molecular weight is 264 g/mol. The van der Waals surface area contributed by atoms with Crippen molar-refractivity contribution in [1.29, 1.82) is 0 Å². The van der Waals surface area contributed by atoms with E-state index in [4.69, 9.17) is 5.11 Å². The van der Waals surface area contributed by atoms with Crippen molar-refractivity contribution < 1.29 is 14.7 Å². The average Bonchev–Trinajstić information content (AvgIpc) is 2.37. The lowest BCUT2D eigenvalue weighted by Crippen LogP contribution is -2.49. The Morgan fingerprint density at radius 2 is 2.00 bits per heavy atom. The first-order valence-electron chi connectivity index (χ1n) is 6.40. The lowest BCUT2D eigenvalue weighted by atomic mass is 9.88. The van der Waals surface area contributed by atoms with Crippen molar-refractivity contribution in [2.45, 2.75) is 45.6 Å². The van der Waals surface area contributed by atoms with E-state index < -0.39 is 11.5 Å². The van der Waals surface area contributed by atoms with Crippen LogP contribution in [0, 0.1) is 6.92 Å². The molecule has 0 saturated heterocycles. The molecule has 1 rings (SSSR count). The molecule has 0 aliphatic carbocycles. The number of carbonyl (C=O) groups is 2. The number of nitrogens with zero attached hydrogens (tertiary/aromatic N) is 1. The van der Waals surface area contributed by atoms with Gasteiger partial charge in [0.15, 0.2) is 0 Å². The fraction of sp³-hybridized carbons (Fsp3) is 0.500. The molecule has 1 heterocycles. The Balaban J connectivity index is 2.94. The highest BCUT2D eigenvalue weighted by molar-refractivity contribution is 5.94. The highest BCUT2D eigenvalue weighted by Crippen LogP contribution is 2.20. The molecular weight excluding hydrogens is 244 g/mol. The number of hydrogen-bond donors (Lipinski definition) is 2. The zero-order chi connectivity index (χ0) is 14.5. The van der Waals surface area contributed by atoms with Crippen molar-refractivity contribution in [3.63, 3.8) is 0 Å². The normalized spacial score (nSPS) is 11.1. The van der Waals surface area contributed by atoms with Crippen LogP contribution >= 0.6 is 0 Å². The summed E-state index contributed by atoms with van der Waals surface area (Å²) in [5, 5.41) is 11.8. The third kappa shape index (κ3) is 3.77. The van der Waals surface area contributed by atoms with Crippen LogP contribution in [0.25, 0.3) is 0 Å². The fourth-order valence-electron chi connectivity index (χ4n) is 2.03. The summed E-state index contributed by atoms with van der Waals surface area (Å²) in [6.45, 7) is 5.55. The highest BCUT2D eigenvalue weighted by Gasteiger charge is 2.31. The number of pyridine rings is 1. The van der Waals surface area contributed by atoms with Crippen molar-refractivity contribution >= 4 is 11.9 Å². The molecule has 0 aliphatic heterocycles. The Bertz CT molecular complexity index is 468. The number of amides is 1. The van der Waals surface area contributed by atoms with Crippen LogP contribution < -0.4 is 5.32 Å². The van der Waals surface area contributed by atoms with E-state index in [2.05, 4.69) is 10.3 Å². The molecule has 0 aliphatic rings. The summed E-state index contributed by atoms with van der Waals surface area (Å²) >= 11 is 0. The van der Waals surface area contributed by atoms with Crippen LogP contribution in [-0.2, 0) is 4.79 Å². The summed E-state index contributed by atoms with van der Waals surface area (Å²) in [7, 11) is 0. The Hall–Kier alpha value is -1.91. The zero-order valence-corrected chi connectivity index (χ0v) is 11.6. The molecule has 0 unspecified atom stereocenters. The summed E-state index contributed by atoms with van der Waals surface area (Å²) in [5.41, 5.74) is 0.406. The van der Waals surface area contributed by atoms with Gasteiger partial charge in [-0.25, -0.2) is 0 Å². The van der Waals surface area contributed by atoms with E-state index in [1.165, 1.54) is 0 Å². The quantitative estimate of drug-likeness (QED) is 0.825. The van der Waals surface area contributed by atoms with Gasteiger partial charge < -0.3 is 10.4 Å². The number of aromatic nitrogens is 1. The van der Waals surface area contributed by atoms with Crippen LogP contribution in [0.5, 0.6) is 0 Å². The predicted octanol–water partition coefficient (Wildman–Crippen LogP) is 2.15. The number of hydrogen-bond acceptors (Lipinski definition) is 3. The van der Waals surface area contributed by atoms with Crippen LogP contribution in [-0.4, -0.2) is 27.5 Å².